The van der Waals surface area contributed by atoms with Gasteiger partial charge in [0.1, 0.15) is 15.7 Å². The number of hydrogen-bond donors (Lipinski definition) is 2. The predicted molar refractivity (Wildman–Crippen MR) is 80.5 cm³/mol. The minimum atomic E-state index is -1.04. The molecule has 0 fully saturated rings. The van der Waals surface area contributed by atoms with Crippen LogP contribution in [0.15, 0.2) is 24.3 Å². The van der Waals surface area contributed by atoms with Gasteiger partial charge in [-0.3, -0.25) is 4.79 Å². The number of nitrogens with one attached hydrogen (secondary N) is 1. The van der Waals surface area contributed by atoms with Crippen molar-refractivity contribution in [3.8, 4) is 0 Å². The first kappa shape index (κ1) is 16.1. The van der Waals surface area contributed by atoms with Gasteiger partial charge in [-0.05, 0) is 25.5 Å². The first-order chi connectivity index (χ1) is 10.4. The number of thiazole rings is 1. The molecule has 5 nitrogen and oxygen atoms in total. The number of benzene rings is 1. The largest absolute Gasteiger partial charge is 0.477 e. The maximum atomic E-state index is 13.5. The number of aromatic nitrogens is 1. The van der Waals surface area contributed by atoms with Crippen LogP contribution in [-0.2, 0) is 11.2 Å². The first-order valence-corrected chi connectivity index (χ1v) is 7.43. The Bertz CT molecular complexity index is 715. The van der Waals surface area contributed by atoms with Crippen molar-refractivity contribution >= 4 is 23.2 Å². The highest BCUT2D eigenvalue weighted by atomic mass is 32.1. The molecular formula is C15H15FN2O3S. The van der Waals surface area contributed by atoms with Crippen molar-refractivity contribution in [3.63, 3.8) is 0 Å². The Labute approximate surface area is 130 Å². The molecule has 1 aromatic heterocycles. The van der Waals surface area contributed by atoms with Crippen molar-refractivity contribution < 1.29 is 19.1 Å². The summed E-state index contributed by atoms with van der Waals surface area (Å²) in [5.41, 5.74) is 0.733. The Morgan fingerprint density at radius 1 is 1.41 bits per heavy atom. The van der Waals surface area contributed by atoms with E-state index in [-0.39, 0.29) is 17.2 Å². The van der Waals surface area contributed by atoms with E-state index in [4.69, 9.17) is 5.11 Å². The van der Waals surface area contributed by atoms with Gasteiger partial charge in [0.2, 0.25) is 5.91 Å². The monoisotopic (exact) mass is 322 g/mol. The minimum Gasteiger partial charge on any atom is -0.477 e. The maximum absolute atomic E-state index is 13.5. The zero-order chi connectivity index (χ0) is 16.3. The molecule has 0 saturated carbocycles. The van der Waals surface area contributed by atoms with E-state index < -0.39 is 17.8 Å². The third-order valence-electron chi connectivity index (χ3n) is 3.06. The molecule has 1 atom stereocenters. The fourth-order valence-corrected chi connectivity index (χ4v) is 2.88. The highest BCUT2D eigenvalue weighted by molar-refractivity contribution is 7.13. The van der Waals surface area contributed by atoms with E-state index in [1.54, 1.807) is 32.0 Å². The molecule has 0 aliphatic heterocycles. The van der Waals surface area contributed by atoms with Crippen LogP contribution < -0.4 is 5.32 Å². The number of carboxylic acids is 1. The van der Waals surface area contributed by atoms with E-state index in [0.717, 1.165) is 11.3 Å². The Hall–Kier alpha value is -2.28. The zero-order valence-electron chi connectivity index (χ0n) is 12.1. The fraction of sp³-hybridized carbons (Fsp3) is 0.267. The molecular weight excluding hydrogens is 307 g/mol. The molecule has 7 heteroatoms. The molecule has 116 valence electrons. The number of amides is 1. The van der Waals surface area contributed by atoms with Crippen molar-refractivity contribution in [2.45, 2.75) is 26.3 Å². The minimum absolute atomic E-state index is 0.0762. The van der Waals surface area contributed by atoms with Gasteiger partial charge in [-0.25, -0.2) is 14.2 Å². The molecule has 1 heterocycles. The molecule has 0 bridgehead atoms. The molecule has 0 saturated heterocycles. The lowest BCUT2D eigenvalue weighted by molar-refractivity contribution is -0.121. The maximum Gasteiger partial charge on any atom is 0.347 e. The third kappa shape index (κ3) is 3.67. The predicted octanol–water partition coefficient (Wildman–Crippen LogP) is 2.71. The van der Waals surface area contributed by atoms with Gasteiger partial charge in [0.15, 0.2) is 0 Å². The van der Waals surface area contributed by atoms with Crippen LogP contribution >= 0.6 is 11.3 Å². The van der Waals surface area contributed by atoms with Crippen molar-refractivity contribution in [1.82, 2.24) is 10.3 Å². The van der Waals surface area contributed by atoms with Gasteiger partial charge in [-0.1, -0.05) is 18.2 Å². The van der Waals surface area contributed by atoms with Crippen molar-refractivity contribution in [2.75, 3.05) is 0 Å². The van der Waals surface area contributed by atoms with E-state index >= 15 is 0 Å². The second-order valence-electron chi connectivity index (χ2n) is 4.83. The van der Waals surface area contributed by atoms with Crippen molar-refractivity contribution in [1.29, 1.82) is 0 Å². The van der Waals surface area contributed by atoms with E-state index in [9.17, 15) is 14.0 Å². The smallest absolute Gasteiger partial charge is 0.347 e. The molecule has 0 aliphatic carbocycles. The van der Waals surface area contributed by atoms with Crippen LogP contribution in [0.5, 0.6) is 0 Å². The normalized spacial score (nSPS) is 12.0. The van der Waals surface area contributed by atoms with Crippen LogP contribution in [0.3, 0.4) is 0 Å². The van der Waals surface area contributed by atoms with Crippen molar-refractivity contribution in [2.24, 2.45) is 0 Å². The molecule has 2 aromatic rings. The number of aryl methyl sites for hydroxylation is 1. The summed E-state index contributed by atoms with van der Waals surface area (Å²) in [7, 11) is 0. The van der Waals surface area contributed by atoms with Crippen LogP contribution in [0.25, 0.3) is 0 Å². The zero-order valence-corrected chi connectivity index (χ0v) is 12.9. The molecule has 22 heavy (non-hydrogen) atoms. The number of carboxylic acid groups (broad SMARTS) is 1. The topological polar surface area (TPSA) is 79.3 Å². The number of rotatable bonds is 5. The fourth-order valence-electron chi connectivity index (χ4n) is 1.97. The highest BCUT2D eigenvalue weighted by Gasteiger charge is 2.19. The Balaban J connectivity index is 2.04. The molecule has 1 unspecified atom stereocenters. The summed E-state index contributed by atoms with van der Waals surface area (Å²) in [6, 6.07) is 5.64. The summed E-state index contributed by atoms with van der Waals surface area (Å²) in [5, 5.41) is 12.2. The van der Waals surface area contributed by atoms with E-state index in [2.05, 4.69) is 10.3 Å². The SMILES string of the molecule is Cc1nc(C(C)NC(=O)Cc2ccccc2F)sc1C(=O)O. The second-order valence-corrected chi connectivity index (χ2v) is 5.86. The molecule has 1 amide bonds. The third-order valence-corrected chi connectivity index (χ3v) is 4.39. The van der Waals surface area contributed by atoms with E-state index in [1.807, 2.05) is 0 Å². The summed E-state index contributed by atoms with van der Waals surface area (Å²) >= 11 is 1.03. The van der Waals surface area contributed by atoms with Crippen molar-refractivity contribution in [3.05, 3.63) is 51.2 Å². The number of aromatic carboxylic acids is 1. The second kappa shape index (κ2) is 6.65. The molecule has 0 radical (unpaired) electrons. The van der Waals surface area contributed by atoms with Crippen LogP contribution in [-0.4, -0.2) is 22.0 Å². The molecule has 0 spiro atoms. The lowest BCUT2D eigenvalue weighted by Gasteiger charge is -2.11. The highest BCUT2D eigenvalue weighted by Crippen LogP contribution is 2.23. The Morgan fingerprint density at radius 2 is 2.09 bits per heavy atom. The number of halogens is 1. The summed E-state index contributed by atoms with van der Waals surface area (Å²) in [6.45, 7) is 3.32. The average Bonchev–Trinajstić information content (AvgIpc) is 2.83. The standard InChI is InChI=1S/C15H15FN2O3S/c1-8-13(15(20)21)22-14(18-8)9(2)17-12(19)7-10-5-3-4-6-11(10)16/h3-6,9H,7H2,1-2H3,(H,17,19)(H,20,21). The summed E-state index contributed by atoms with van der Waals surface area (Å²) < 4.78 is 13.5. The lowest BCUT2D eigenvalue weighted by Crippen LogP contribution is -2.28. The number of nitrogens with zero attached hydrogens (tertiary/aromatic N) is 1. The molecule has 0 aliphatic rings. The molecule has 2 N–H and O–H groups in total. The first-order valence-electron chi connectivity index (χ1n) is 6.62. The van der Waals surface area contributed by atoms with Crippen LogP contribution in [0.4, 0.5) is 4.39 Å². The molecule has 2 rings (SSSR count). The van der Waals surface area contributed by atoms with Gasteiger partial charge in [0.25, 0.3) is 0 Å². The van der Waals surface area contributed by atoms with Gasteiger partial charge >= 0.3 is 5.97 Å². The van der Waals surface area contributed by atoms with E-state index in [0.29, 0.717) is 16.3 Å². The number of carbonyl (C=O) groups excluding carboxylic acids is 1. The van der Waals surface area contributed by atoms with Gasteiger partial charge in [0, 0.05) is 0 Å². The quantitative estimate of drug-likeness (QED) is 0.887. The number of carbonyl (C=O) groups is 2. The van der Waals surface area contributed by atoms with Gasteiger partial charge in [-0.15, -0.1) is 11.3 Å². The van der Waals surface area contributed by atoms with Crippen LogP contribution in [0, 0.1) is 12.7 Å². The average molecular weight is 322 g/mol. The summed E-state index contributed by atoms with van der Waals surface area (Å²) in [4.78, 5) is 27.3. The van der Waals surface area contributed by atoms with Gasteiger partial charge in [-0.2, -0.15) is 0 Å². The van der Waals surface area contributed by atoms with E-state index in [1.165, 1.54) is 6.07 Å². The van der Waals surface area contributed by atoms with Gasteiger partial charge < -0.3 is 10.4 Å². The molecule has 1 aromatic carbocycles. The Morgan fingerprint density at radius 3 is 2.68 bits per heavy atom. The van der Waals surface area contributed by atoms with Crippen LogP contribution in [0.1, 0.15) is 38.9 Å². The lowest BCUT2D eigenvalue weighted by atomic mass is 10.1. The summed E-state index contributed by atoms with van der Waals surface area (Å²) in [5.74, 6) is -1.81. The summed E-state index contributed by atoms with van der Waals surface area (Å²) in [6.07, 6.45) is -0.0762. The van der Waals surface area contributed by atoms with Gasteiger partial charge in [0.05, 0.1) is 18.2 Å². The Kier molecular flexibility index (Phi) is 4.87. The van der Waals surface area contributed by atoms with Crippen LogP contribution in [0.2, 0.25) is 0 Å². The number of hydrogen-bond acceptors (Lipinski definition) is 4.